The lowest BCUT2D eigenvalue weighted by Gasteiger charge is -2.20. The molecule has 21 heavy (non-hydrogen) atoms. The van der Waals surface area contributed by atoms with E-state index < -0.39 is 15.8 Å². The van der Waals surface area contributed by atoms with E-state index in [1.807, 2.05) is 6.92 Å². The van der Waals surface area contributed by atoms with Crippen LogP contribution in [0.15, 0.2) is 23.1 Å². The van der Waals surface area contributed by atoms with Crippen molar-refractivity contribution in [2.45, 2.75) is 24.8 Å². The molecule has 0 atom stereocenters. The van der Waals surface area contributed by atoms with Gasteiger partial charge < -0.3 is 5.32 Å². The number of rotatable bonds is 5. The highest BCUT2D eigenvalue weighted by atomic mass is 32.2. The van der Waals surface area contributed by atoms with Crippen molar-refractivity contribution in [3.63, 3.8) is 0 Å². The SMILES string of the molecule is CCNCc1ccc(F)c(S(=O)(=O)N2CCCSCC2)c1. The van der Waals surface area contributed by atoms with Gasteiger partial charge in [0.15, 0.2) is 0 Å². The summed E-state index contributed by atoms with van der Waals surface area (Å²) in [6, 6.07) is 4.31. The minimum atomic E-state index is -3.75. The molecule has 1 aromatic carbocycles. The number of hydrogen-bond acceptors (Lipinski definition) is 4. The molecule has 1 aromatic rings. The summed E-state index contributed by atoms with van der Waals surface area (Å²) < 4.78 is 40.7. The van der Waals surface area contributed by atoms with Crippen molar-refractivity contribution in [2.24, 2.45) is 0 Å². The van der Waals surface area contributed by atoms with Crippen LogP contribution in [0.25, 0.3) is 0 Å². The van der Waals surface area contributed by atoms with Crippen LogP contribution in [0.3, 0.4) is 0 Å². The number of hydrogen-bond donors (Lipinski definition) is 1. The minimum Gasteiger partial charge on any atom is -0.313 e. The monoisotopic (exact) mass is 332 g/mol. The summed E-state index contributed by atoms with van der Waals surface area (Å²) in [7, 11) is -3.75. The van der Waals surface area contributed by atoms with E-state index in [1.54, 1.807) is 17.8 Å². The average Bonchev–Trinajstić information content (AvgIpc) is 2.75. The van der Waals surface area contributed by atoms with Gasteiger partial charge in [-0.25, -0.2) is 12.8 Å². The summed E-state index contributed by atoms with van der Waals surface area (Å²) >= 11 is 1.74. The van der Waals surface area contributed by atoms with E-state index >= 15 is 0 Å². The minimum absolute atomic E-state index is 0.204. The number of halogens is 1. The first-order valence-corrected chi connectivity index (χ1v) is 9.72. The van der Waals surface area contributed by atoms with Crippen LogP contribution in [0.5, 0.6) is 0 Å². The van der Waals surface area contributed by atoms with Gasteiger partial charge in [0.05, 0.1) is 0 Å². The zero-order chi connectivity index (χ0) is 15.3. The number of sulfonamides is 1. The number of nitrogens with zero attached hydrogens (tertiary/aromatic N) is 1. The summed E-state index contributed by atoms with van der Waals surface area (Å²) in [4.78, 5) is -0.204. The molecular formula is C14H21FN2O2S2. The molecular weight excluding hydrogens is 311 g/mol. The van der Waals surface area contributed by atoms with Crippen LogP contribution in [-0.2, 0) is 16.6 Å². The van der Waals surface area contributed by atoms with E-state index in [2.05, 4.69) is 5.32 Å². The van der Waals surface area contributed by atoms with Gasteiger partial charge in [0.1, 0.15) is 10.7 Å². The van der Waals surface area contributed by atoms with Crippen LogP contribution in [0, 0.1) is 5.82 Å². The molecule has 1 aliphatic rings. The molecule has 0 unspecified atom stereocenters. The third-order valence-corrected chi connectivity index (χ3v) is 6.34. The lowest BCUT2D eigenvalue weighted by Crippen LogP contribution is -2.33. The molecule has 1 fully saturated rings. The van der Waals surface area contributed by atoms with E-state index in [0.717, 1.165) is 30.0 Å². The molecule has 4 nitrogen and oxygen atoms in total. The van der Waals surface area contributed by atoms with Gasteiger partial charge in [0, 0.05) is 25.4 Å². The molecule has 1 heterocycles. The van der Waals surface area contributed by atoms with Gasteiger partial charge in [-0.3, -0.25) is 0 Å². The maximum Gasteiger partial charge on any atom is 0.246 e. The molecule has 2 rings (SSSR count). The Bertz CT molecular complexity index is 570. The third-order valence-electron chi connectivity index (χ3n) is 3.37. The Morgan fingerprint density at radius 3 is 2.90 bits per heavy atom. The largest absolute Gasteiger partial charge is 0.313 e. The first kappa shape index (κ1) is 16.7. The second-order valence-corrected chi connectivity index (χ2v) is 8.05. The highest BCUT2D eigenvalue weighted by molar-refractivity contribution is 7.99. The van der Waals surface area contributed by atoms with Crippen LogP contribution < -0.4 is 5.32 Å². The fraction of sp³-hybridized carbons (Fsp3) is 0.571. The Morgan fingerprint density at radius 2 is 2.14 bits per heavy atom. The smallest absolute Gasteiger partial charge is 0.246 e. The molecule has 1 N–H and O–H groups in total. The first-order valence-electron chi connectivity index (χ1n) is 7.12. The highest BCUT2D eigenvalue weighted by Crippen LogP contribution is 2.23. The molecule has 0 amide bonds. The fourth-order valence-corrected chi connectivity index (χ4v) is 4.82. The van der Waals surface area contributed by atoms with Gasteiger partial charge in [-0.15, -0.1) is 0 Å². The first-order chi connectivity index (χ1) is 10.1. The van der Waals surface area contributed by atoms with Crippen molar-refractivity contribution in [1.29, 1.82) is 0 Å². The van der Waals surface area contributed by atoms with Crippen molar-refractivity contribution in [1.82, 2.24) is 9.62 Å². The van der Waals surface area contributed by atoms with E-state index in [9.17, 15) is 12.8 Å². The maximum absolute atomic E-state index is 14.0. The summed E-state index contributed by atoms with van der Waals surface area (Å²) in [5, 5.41) is 3.12. The molecule has 7 heteroatoms. The molecule has 1 saturated heterocycles. The standard InChI is InChI=1S/C14H21FN2O2S2/c1-2-16-11-12-4-5-13(15)14(10-12)21(18,19)17-6-3-8-20-9-7-17/h4-5,10,16H,2-3,6-9,11H2,1H3. The molecule has 0 saturated carbocycles. The van der Waals surface area contributed by atoms with Gasteiger partial charge in [0.25, 0.3) is 0 Å². The van der Waals surface area contributed by atoms with Crippen LogP contribution in [-0.4, -0.2) is 43.9 Å². The third kappa shape index (κ3) is 4.18. The Balaban J connectivity index is 2.29. The fourth-order valence-electron chi connectivity index (χ4n) is 2.23. The van der Waals surface area contributed by atoms with E-state index in [1.165, 1.54) is 16.4 Å². The Morgan fingerprint density at radius 1 is 1.33 bits per heavy atom. The normalized spacial score (nSPS) is 17.6. The van der Waals surface area contributed by atoms with Gasteiger partial charge >= 0.3 is 0 Å². The molecule has 0 spiro atoms. The zero-order valence-corrected chi connectivity index (χ0v) is 13.8. The van der Waals surface area contributed by atoms with Crippen LogP contribution in [0.2, 0.25) is 0 Å². The van der Waals surface area contributed by atoms with Crippen LogP contribution in [0.1, 0.15) is 18.9 Å². The van der Waals surface area contributed by atoms with Crippen molar-refractivity contribution >= 4 is 21.8 Å². The summed E-state index contributed by atoms with van der Waals surface area (Å²) in [5.41, 5.74) is 0.779. The number of nitrogens with one attached hydrogen (secondary N) is 1. The number of thioether (sulfide) groups is 1. The lowest BCUT2D eigenvalue weighted by atomic mass is 10.2. The lowest BCUT2D eigenvalue weighted by molar-refractivity contribution is 0.430. The predicted octanol–water partition coefficient (Wildman–Crippen LogP) is 2.06. The van der Waals surface area contributed by atoms with Crippen molar-refractivity contribution in [3.8, 4) is 0 Å². The molecule has 0 aromatic heterocycles. The molecule has 0 radical (unpaired) electrons. The van der Waals surface area contributed by atoms with Gasteiger partial charge in [0.2, 0.25) is 10.0 Å². The second-order valence-electron chi connectivity index (χ2n) is 4.92. The summed E-state index contributed by atoms with van der Waals surface area (Å²) in [6.07, 6.45) is 0.808. The van der Waals surface area contributed by atoms with Crippen molar-refractivity contribution in [3.05, 3.63) is 29.6 Å². The topological polar surface area (TPSA) is 49.4 Å². The Kier molecular flexibility index (Phi) is 6.04. The van der Waals surface area contributed by atoms with Crippen LogP contribution >= 0.6 is 11.8 Å². The quantitative estimate of drug-likeness (QED) is 0.897. The Labute approximate surface area is 130 Å². The zero-order valence-electron chi connectivity index (χ0n) is 12.1. The van der Waals surface area contributed by atoms with Crippen molar-refractivity contribution < 1.29 is 12.8 Å². The average molecular weight is 332 g/mol. The van der Waals surface area contributed by atoms with E-state index in [0.29, 0.717) is 19.6 Å². The summed E-state index contributed by atoms with van der Waals surface area (Å²) in [5.74, 6) is 1.04. The predicted molar refractivity (Wildman–Crippen MR) is 84.5 cm³/mol. The molecule has 1 aliphatic heterocycles. The van der Waals surface area contributed by atoms with Gasteiger partial charge in [-0.2, -0.15) is 16.1 Å². The summed E-state index contributed by atoms with van der Waals surface area (Å²) in [6.45, 7) is 4.20. The van der Waals surface area contributed by atoms with Gasteiger partial charge in [-0.05, 0) is 36.4 Å². The van der Waals surface area contributed by atoms with Crippen LogP contribution in [0.4, 0.5) is 4.39 Å². The van der Waals surface area contributed by atoms with E-state index in [-0.39, 0.29) is 4.90 Å². The second kappa shape index (κ2) is 7.58. The number of benzene rings is 1. The van der Waals surface area contributed by atoms with E-state index in [4.69, 9.17) is 0 Å². The molecule has 118 valence electrons. The van der Waals surface area contributed by atoms with Crippen molar-refractivity contribution in [2.75, 3.05) is 31.1 Å². The molecule has 0 aliphatic carbocycles. The maximum atomic E-state index is 14.0. The highest BCUT2D eigenvalue weighted by Gasteiger charge is 2.28. The molecule has 0 bridgehead atoms. The Hall–Kier alpha value is -0.630. The van der Waals surface area contributed by atoms with Gasteiger partial charge in [-0.1, -0.05) is 13.0 Å².